The minimum Gasteiger partial charge on any atom is -0.402 e. The molecule has 0 radical (unpaired) electrons. The third-order valence-corrected chi connectivity index (χ3v) is 4.10. The van der Waals surface area contributed by atoms with E-state index in [-0.39, 0.29) is 5.41 Å². The molecule has 0 aromatic heterocycles. The fraction of sp³-hybridized carbons (Fsp3) is 0.200. The lowest BCUT2D eigenvalue weighted by Crippen LogP contribution is -2.20. The molecule has 2 aromatic rings. The van der Waals surface area contributed by atoms with Crippen LogP contribution >= 0.6 is 0 Å². The van der Waals surface area contributed by atoms with Gasteiger partial charge in [-0.3, -0.25) is 0 Å². The number of hydrogen-bond donors (Lipinski definition) is 2. The van der Waals surface area contributed by atoms with E-state index in [0.29, 0.717) is 0 Å². The smallest absolute Gasteiger partial charge is 0.0384 e. The lowest BCUT2D eigenvalue weighted by atomic mass is 9.74. The Balaban J connectivity index is 1.83. The molecule has 3 rings (SSSR count). The highest BCUT2D eigenvalue weighted by molar-refractivity contribution is 5.74. The van der Waals surface area contributed by atoms with E-state index in [2.05, 4.69) is 61.6 Å². The molecule has 0 fully saturated rings. The monoisotopic (exact) mass is 290 g/mol. The minimum atomic E-state index is 0.0766. The van der Waals surface area contributed by atoms with E-state index in [0.717, 1.165) is 23.5 Å². The zero-order valence-corrected chi connectivity index (χ0v) is 13.1. The first-order valence-corrected chi connectivity index (χ1v) is 7.64. The van der Waals surface area contributed by atoms with E-state index in [4.69, 9.17) is 5.73 Å². The molecule has 0 atom stereocenters. The zero-order chi connectivity index (χ0) is 15.6. The summed E-state index contributed by atoms with van der Waals surface area (Å²) in [6.45, 7) is 4.49. The van der Waals surface area contributed by atoms with Gasteiger partial charge in [-0.2, -0.15) is 0 Å². The van der Waals surface area contributed by atoms with Crippen LogP contribution in [0.4, 0.5) is 11.4 Å². The summed E-state index contributed by atoms with van der Waals surface area (Å²) in [7, 11) is 0. The van der Waals surface area contributed by atoms with Crippen LogP contribution in [0, 0.1) is 5.41 Å². The predicted molar refractivity (Wildman–Crippen MR) is 94.8 cm³/mol. The first kappa shape index (κ1) is 14.5. The van der Waals surface area contributed by atoms with Gasteiger partial charge >= 0.3 is 0 Å². The summed E-state index contributed by atoms with van der Waals surface area (Å²) in [6.07, 6.45) is 5.08. The maximum atomic E-state index is 5.97. The van der Waals surface area contributed by atoms with E-state index >= 15 is 0 Å². The van der Waals surface area contributed by atoms with E-state index in [1.165, 1.54) is 11.1 Å². The summed E-state index contributed by atoms with van der Waals surface area (Å²) in [5.74, 6) is 0. The molecule has 2 aromatic carbocycles. The van der Waals surface area contributed by atoms with Crippen LogP contribution in [0.5, 0.6) is 0 Å². The second kappa shape index (κ2) is 5.72. The molecule has 0 unspecified atom stereocenters. The minimum absolute atomic E-state index is 0.0766. The normalized spacial score (nSPS) is 16.6. The molecular weight excluding hydrogens is 268 g/mol. The summed E-state index contributed by atoms with van der Waals surface area (Å²) in [6, 6.07) is 18.8. The number of nitrogens with two attached hydrogens (primary N) is 1. The Morgan fingerprint density at radius 2 is 1.50 bits per heavy atom. The Labute approximate surface area is 132 Å². The second-order valence-electron chi connectivity index (χ2n) is 6.45. The maximum Gasteiger partial charge on any atom is 0.0384 e. The largest absolute Gasteiger partial charge is 0.402 e. The fourth-order valence-corrected chi connectivity index (χ4v) is 2.99. The molecule has 1 aliphatic carbocycles. The van der Waals surface area contributed by atoms with E-state index in [1.54, 1.807) is 0 Å². The predicted octanol–water partition coefficient (Wildman–Crippen LogP) is 5.09. The number of anilines is 2. The van der Waals surface area contributed by atoms with Crippen molar-refractivity contribution in [1.82, 2.24) is 0 Å². The SMILES string of the molecule is CC1(C)CC(N)=CC=C1c1ccc(Nc2ccccc2)cc1. The van der Waals surface area contributed by atoms with Crippen molar-refractivity contribution >= 4 is 16.9 Å². The Morgan fingerprint density at radius 1 is 0.864 bits per heavy atom. The second-order valence-corrected chi connectivity index (χ2v) is 6.45. The van der Waals surface area contributed by atoms with E-state index in [1.807, 2.05) is 24.3 Å². The lowest BCUT2D eigenvalue weighted by Gasteiger charge is -2.31. The van der Waals surface area contributed by atoms with Crippen molar-refractivity contribution in [2.75, 3.05) is 5.32 Å². The third-order valence-electron chi connectivity index (χ3n) is 4.10. The Bertz CT molecular complexity index is 707. The number of hydrogen-bond acceptors (Lipinski definition) is 2. The van der Waals surface area contributed by atoms with Crippen LogP contribution in [0.2, 0.25) is 0 Å². The quantitative estimate of drug-likeness (QED) is 0.826. The molecular formula is C20H22N2. The van der Waals surface area contributed by atoms with Gasteiger partial charge in [-0.15, -0.1) is 0 Å². The summed E-state index contributed by atoms with van der Waals surface area (Å²) in [5, 5.41) is 3.41. The number of allylic oxidation sites excluding steroid dienone is 4. The summed E-state index contributed by atoms with van der Waals surface area (Å²) in [4.78, 5) is 0. The molecule has 2 heteroatoms. The standard InChI is InChI=1S/C20H22N2/c1-20(2)14-16(21)10-13-19(20)15-8-11-18(12-9-15)22-17-6-4-3-5-7-17/h3-13,22H,14,21H2,1-2H3. The van der Waals surface area contributed by atoms with E-state index < -0.39 is 0 Å². The molecule has 1 aliphatic rings. The van der Waals surface area contributed by atoms with E-state index in [9.17, 15) is 0 Å². The van der Waals surface area contributed by atoms with Crippen LogP contribution < -0.4 is 11.1 Å². The number of benzene rings is 2. The molecule has 22 heavy (non-hydrogen) atoms. The first-order valence-electron chi connectivity index (χ1n) is 7.64. The van der Waals surface area contributed by atoms with Crippen LogP contribution in [0.15, 0.2) is 72.4 Å². The van der Waals surface area contributed by atoms with Crippen molar-refractivity contribution < 1.29 is 0 Å². The third kappa shape index (κ3) is 3.06. The molecule has 2 nitrogen and oxygen atoms in total. The average molecular weight is 290 g/mol. The maximum absolute atomic E-state index is 5.97. The zero-order valence-electron chi connectivity index (χ0n) is 13.1. The van der Waals surface area contributed by atoms with Crippen molar-refractivity contribution in [2.45, 2.75) is 20.3 Å². The molecule has 0 spiro atoms. The average Bonchev–Trinajstić information content (AvgIpc) is 2.48. The van der Waals surface area contributed by atoms with Crippen molar-refractivity contribution in [3.63, 3.8) is 0 Å². The summed E-state index contributed by atoms with van der Waals surface area (Å²) >= 11 is 0. The number of rotatable bonds is 3. The highest BCUT2D eigenvalue weighted by atomic mass is 14.9. The molecule has 3 N–H and O–H groups in total. The van der Waals surface area contributed by atoms with Crippen LogP contribution in [-0.4, -0.2) is 0 Å². The molecule has 112 valence electrons. The molecule has 0 aliphatic heterocycles. The van der Waals surface area contributed by atoms with Gasteiger partial charge in [-0.25, -0.2) is 0 Å². The number of nitrogens with one attached hydrogen (secondary N) is 1. The fourth-order valence-electron chi connectivity index (χ4n) is 2.99. The van der Waals surface area contributed by atoms with Gasteiger partial charge in [-0.1, -0.05) is 50.3 Å². The van der Waals surface area contributed by atoms with Gasteiger partial charge in [0.15, 0.2) is 0 Å². The van der Waals surface area contributed by atoms with Gasteiger partial charge < -0.3 is 11.1 Å². The first-order chi connectivity index (χ1) is 10.5. The Hall–Kier alpha value is -2.48. The highest BCUT2D eigenvalue weighted by Gasteiger charge is 2.27. The van der Waals surface area contributed by atoms with Crippen molar-refractivity contribution in [3.8, 4) is 0 Å². The van der Waals surface area contributed by atoms with Crippen molar-refractivity contribution in [1.29, 1.82) is 0 Å². The van der Waals surface area contributed by atoms with Crippen molar-refractivity contribution in [3.05, 3.63) is 78.0 Å². The summed E-state index contributed by atoms with van der Waals surface area (Å²) < 4.78 is 0. The van der Waals surface area contributed by atoms with Gasteiger partial charge in [-0.05, 0) is 53.3 Å². The topological polar surface area (TPSA) is 38.0 Å². The van der Waals surface area contributed by atoms with Crippen LogP contribution in [0.3, 0.4) is 0 Å². The van der Waals surface area contributed by atoms with Crippen molar-refractivity contribution in [2.24, 2.45) is 11.1 Å². The van der Waals surface area contributed by atoms with Gasteiger partial charge in [0.2, 0.25) is 0 Å². The molecule has 0 saturated carbocycles. The Morgan fingerprint density at radius 3 is 2.14 bits per heavy atom. The van der Waals surface area contributed by atoms with Crippen LogP contribution in [0.1, 0.15) is 25.8 Å². The molecule has 0 heterocycles. The van der Waals surface area contributed by atoms with Crippen LogP contribution in [-0.2, 0) is 0 Å². The number of para-hydroxylation sites is 1. The Kier molecular flexibility index (Phi) is 3.76. The van der Waals surface area contributed by atoms with Gasteiger partial charge in [0.25, 0.3) is 0 Å². The van der Waals surface area contributed by atoms with Gasteiger partial charge in [0.05, 0.1) is 0 Å². The van der Waals surface area contributed by atoms with Gasteiger partial charge in [0, 0.05) is 17.1 Å². The molecule has 0 amide bonds. The summed E-state index contributed by atoms with van der Waals surface area (Å²) in [5.41, 5.74) is 11.8. The molecule has 0 bridgehead atoms. The highest BCUT2D eigenvalue weighted by Crippen LogP contribution is 2.41. The molecule has 0 saturated heterocycles. The lowest BCUT2D eigenvalue weighted by molar-refractivity contribution is 0.488. The van der Waals surface area contributed by atoms with Crippen LogP contribution in [0.25, 0.3) is 5.57 Å². The van der Waals surface area contributed by atoms with Gasteiger partial charge in [0.1, 0.15) is 0 Å².